The monoisotopic (exact) mass is 231 g/mol. The number of nitrogens with one attached hydrogen (secondary N) is 1. The summed E-state index contributed by atoms with van der Waals surface area (Å²) in [6.07, 6.45) is 3.76. The van der Waals surface area contributed by atoms with E-state index < -0.39 is 0 Å². The maximum Gasteiger partial charge on any atom is 0.0987 e. The van der Waals surface area contributed by atoms with Gasteiger partial charge in [0.1, 0.15) is 0 Å². The predicted octanol–water partition coefficient (Wildman–Crippen LogP) is 2.83. The smallest absolute Gasteiger partial charge is 0.0987 e. The lowest BCUT2D eigenvalue weighted by Crippen LogP contribution is -2.41. The van der Waals surface area contributed by atoms with Crippen molar-refractivity contribution >= 4 is 0 Å². The Morgan fingerprint density at radius 2 is 2.12 bits per heavy atom. The van der Waals surface area contributed by atoms with Crippen molar-refractivity contribution in [2.45, 2.75) is 50.9 Å². The van der Waals surface area contributed by atoms with Crippen molar-refractivity contribution in [3.8, 4) is 0 Å². The molecule has 92 valence electrons. The van der Waals surface area contributed by atoms with Gasteiger partial charge in [-0.3, -0.25) is 0 Å². The molecule has 0 amide bonds. The molecule has 2 heterocycles. The normalized spacial score (nSPS) is 31.2. The first-order valence-electron chi connectivity index (χ1n) is 6.65. The first-order valence-corrected chi connectivity index (χ1v) is 6.65. The van der Waals surface area contributed by atoms with Gasteiger partial charge in [0.2, 0.25) is 0 Å². The third-order valence-corrected chi connectivity index (χ3v) is 3.89. The van der Waals surface area contributed by atoms with Crippen LogP contribution in [0.1, 0.15) is 43.9 Å². The predicted molar refractivity (Wildman–Crippen MR) is 69.1 cm³/mol. The molecule has 0 spiro atoms. The summed E-state index contributed by atoms with van der Waals surface area (Å²) in [6.45, 7) is 5.53. The molecule has 0 aromatic heterocycles. The number of hydrogen-bond donors (Lipinski definition) is 1. The number of ether oxygens (including phenoxy) is 1. The van der Waals surface area contributed by atoms with E-state index in [-0.39, 0.29) is 11.7 Å². The van der Waals surface area contributed by atoms with Crippen LogP contribution in [0, 0.1) is 0 Å². The SMILES string of the molecule is CC1(C)Cc2ccccc2[C@H]([C@@H]2CCCN2)O1. The Morgan fingerprint density at radius 1 is 1.29 bits per heavy atom. The molecule has 1 fully saturated rings. The van der Waals surface area contributed by atoms with E-state index in [2.05, 4.69) is 43.4 Å². The summed E-state index contributed by atoms with van der Waals surface area (Å²) in [5, 5.41) is 3.58. The van der Waals surface area contributed by atoms with Crippen LogP contribution < -0.4 is 5.32 Å². The highest BCUT2D eigenvalue weighted by Gasteiger charge is 2.37. The Labute approximate surface area is 103 Å². The minimum absolute atomic E-state index is 0.0384. The minimum Gasteiger partial charge on any atom is -0.366 e. The van der Waals surface area contributed by atoms with Crippen LogP contribution in [-0.2, 0) is 11.2 Å². The Bertz CT molecular complexity index is 407. The molecule has 2 aliphatic heterocycles. The summed E-state index contributed by atoms with van der Waals surface area (Å²) in [5.41, 5.74) is 2.82. The molecule has 1 N–H and O–H groups in total. The van der Waals surface area contributed by atoms with Crippen molar-refractivity contribution in [3.63, 3.8) is 0 Å². The molecular formula is C15H21NO. The Morgan fingerprint density at radius 3 is 2.88 bits per heavy atom. The zero-order chi connectivity index (χ0) is 11.9. The second kappa shape index (κ2) is 4.11. The largest absolute Gasteiger partial charge is 0.366 e. The van der Waals surface area contributed by atoms with Gasteiger partial charge in [0.05, 0.1) is 11.7 Å². The van der Waals surface area contributed by atoms with Gasteiger partial charge in [-0.25, -0.2) is 0 Å². The zero-order valence-corrected chi connectivity index (χ0v) is 10.7. The third kappa shape index (κ3) is 2.12. The topological polar surface area (TPSA) is 21.3 Å². The zero-order valence-electron chi connectivity index (χ0n) is 10.7. The van der Waals surface area contributed by atoms with E-state index in [0.29, 0.717) is 6.04 Å². The van der Waals surface area contributed by atoms with Gasteiger partial charge < -0.3 is 10.1 Å². The first kappa shape index (κ1) is 11.2. The van der Waals surface area contributed by atoms with E-state index in [1.54, 1.807) is 0 Å². The summed E-state index contributed by atoms with van der Waals surface area (Å²) in [6, 6.07) is 9.24. The second-order valence-corrected chi connectivity index (χ2v) is 5.88. The van der Waals surface area contributed by atoms with Gasteiger partial charge in [-0.15, -0.1) is 0 Å². The fourth-order valence-electron chi connectivity index (χ4n) is 3.15. The lowest BCUT2D eigenvalue weighted by atomic mass is 9.86. The molecule has 0 aliphatic carbocycles. The van der Waals surface area contributed by atoms with E-state index in [9.17, 15) is 0 Å². The van der Waals surface area contributed by atoms with Crippen molar-refractivity contribution < 1.29 is 4.74 Å². The molecule has 2 aliphatic rings. The molecule has 0 bridgehead atoms. The average molecular weight is 231 g/mol. The molecule has 2 nitrogen and oxygen atoms in total. The van der Waals surface area contributed by atoms with Crippen LogP contribution in [0.4, 0.5) is 0 Å². The molecule has 1 aromatic rings. The fourth-order valence-corrected chi connectivity index (χ4v) is 3.15. The van der Waals surface area contributed by atoms with E-state index >= 15 is 0 Å². The van der Waals surface area contributed by atoms with Gasteiger partial charge in [0.15, 0.2) is 0 Å². The molecule has 0 saturated carbocycles. The quantitative estimate of drug-likeness (QED) is 0.802. The van der Waals surface area contributed by atoms with Gasteiger partial charge in [-0.2, -0.15) is 0 Å². The van der Waals surface area contributed by atoms with Gasteiger partial charge >= 0.3 is 0 Å². The second-order valence-electron chi connectivity index (χ2n) is 5.88. The molecule has 1 saturated heterocycles. The van der Waals surface area contributed by atoms with Crippen LogP contribution in [0.25, 0.3) is 0 Å². The number of rotatable bonds is 1. The molecular weight excluding hydrogens is 210 g/mol. The maximum atomic E-state index is 6.32. The van der Waals surface area contributed by atoms with Crippen LogP contribution in [0.3, 0.4) is 0 Å². The Hall–Kier alpha value is -0.860. The summed E-state index contributed by atoms with van der Waals surface area (Å²) >= 11 is 0. The van der Waals surface area contributed by atoms with Crippen molar-refractivity contribution in [1.82, 2.24) is 5.32 Å². The van der Waals surface area contributed by atoms with E-state index in [4.69, 9.17) is 4.74 Å². The summed E-state index contributed by atoms with van der Waals surface area (Å²) in [4.78, 5) is 0. The lowest BCUT2D eigenvalue weighted by molar-refractivity contribution is -0.0969. The van der Waals surface area contributed by atoms with E-state index in [1.165, 1.54) is 24.0 Å². The minimum atomic E-state index is -0.0384. The van der Waals surface area contributed by atoms with Crippen LogP contribution in [0.2, 0.25) is 0 Å². The highest BCUT2D eigenvalue weighted by Crippen LogP contribution is 2.39. The Kier molecular flexibility index (Phi) is 2.72. The first-order chi connectivity index (χ1) is 8.16. The summed E-state index contributed by atoms with van der Waals surface area (Å²) < 4.78 is 6.32. The number of hydrogen-bond acceptors (Lipinski definition) is 2. The van der Waals surface area contributed by atoms with Crippen LogP contribution >= 0.6 is 0 Å². The van der Waals surface area contributed by atoms with Crippen molar-refractivity contribution in [2.24, 2.45) is 0 Å². The third-order valence-electron chi connectivity index (χ3n) is 3.89. The van der Waals surface area contributed by atoms with Crippen LogP contribution in [-0.4, -0.2) is 18.2 Å². The average Bonchev–Trinajstić information content (AvgIpc) is 2.80. The molecule has 2 atom stereocenters. The molecule has 0 radical (unpaired) electrons. The fraction of sp³-hybridized carbons (Fsp3) is 0.600. The molecule has 1 aromatic carbocycles. The Balaban J connectivity index is 1.97. The molecule has 3 rings (SSSR count). The number of benzene rings is 1. The standard InChI is InChI=1S/C15H21NO/c1-15(2)10-11-6-3-4-7-12(11)14(17-15)13-8-5-9-16-13/h3-4,6-7,13-14,16H,5,8-10H2,1-2H3/t13-,14+/m0/s1. The van der Waals surface area contributed by atoms with Gasteiger partial charge in [-0.1, -0.05) is 24.3 Å². The molecule has 2 heteroatoms. The highest BCUT2D eigenvalue weighted by atomic mass is 16.5. The molecule has 17 heavy (non-hydrogen) atoms. The van der Waals surface area contributed by atoms with Gasteiger partial charge in [0.25, 0.3) is 0 Å². The highest BCUT2D eigenvalue weighted by molar-refractivity contribution is 5.33. The van der Waals surface area contributed by atoms with E-state index in [0.717, 1.165) is 13.0 Å². The van der Waals surface area contributed by atoms with E-state index in [1.807, 2.05) is 0 Å². The van der Waals surface area contributed by atoms with Gasteiger partial charge in [-0.05, 0) is 44.4 Å². The van der Waals surface area contributed by atoms with Crippen molar-refractivity contribution in [1.29, 1.82) is 0 Å². The summed E-state index contributed by atoms with van der Waals surface area (Å²) in [7, 11) is 0. The van der Waals surface area contributed by atoms with Crippen molar-refractivity contribution in [2.75, 3.05) is 6.54 Å². The summed E-state index contributed by atoms with van der Waals surface area (Å²) in [5.74, 6) is 0. The van der Waals surface area contributed by atoms with Crippen LogP contribution in [0.15, 0.2) is 24.3 Å². The lowest BCUT2D eigenvalue weighted by Gasteiger charge is -2.40. The number of fused-ring (bicyclic) bond motifs is 1. The van der Waals surface area contributed by atoms with Gasteiger partial charge in [0, 0.05) is 12.5 Å². The maximum absolute atomic E-state index is 6.32. The molecule has 0 unspecified atom stereocenters. The van der Waals surface area contributed by atoms with Crippen LogP contribution in [0.5, 0.6) is 0 Å². The van der Waals surface area contributed by atoms with Crippen molar-refractivity contribution in [3.05, 3.63) is 35.4 Å².